The number of aromatic amines is 1. The van der Waals surface area contributed by atoms with Gasteiger partial charge >= 0.3 is 5.97 Å². The molecule has 0 spiro atoms. The van der Waals surface area contributed by atoms with Crippen molar-refractivity contribution in [1.29, 1.82) is 0 Å². The van der Waals surface area contributed by atoms with Crippen LogP contribution in [0.3, 0.4) is 0 Å². The maximum Gasteiger partial charge on any atom is 0.339 e. The molecule has 0 bridgehead atoms. The molecule has 7 nitrogen and oxygen atoms in total. The number of carboxylic acids is 1. The van der Waals surface area contributed by atoms with E-state index in [1.165, 1.54) is 19.0 Å². The van der Waals surface area contributed by atoms with Gasteiger partial charge in [0.25, 0.3) is 0 Å². The third-order valence-electron chi connectivity index (χ3n) is 4.78. The fourth-order valence-electron chi connectivity index (χ4n) is 3.40. The van der Waals surface area contributed by atoms with Crippen LogP contribution in [-0.2, 0) is 6.54 Å². The Bertz CT molecular complexity index is 704. The number of likely N-dealkylation sites (tertiary alicyclic amines) is 1. The van der Waals surface area contributed by atoms with Crippen molar-refractivity contribution in [2.24, 2.45) is 0 Å². The van der Waals surface area contributed by atoms with E-state index < -0.39 is 5.97 Å². The number of piperidine rings is 1. The van der Waals surface area contributed by atoms with Crippen molar-refractivity contribution in [3.05, 3.63) is 35.0 Å². The highest BCUT2D eigenvalue weighted by atomic mass is 16.5. The van der Waals surface area contributed by atoms with Gasteiger partial charge in [0.1, 0.15) is 5.56 Å². The molecule has 2 aromatic heterocycles. The standard InChI is InChI=1S/C16H20N4O3/c21-16(22)12-8-17-18-15(12)14-3-1-2-6-20(14)9-11-7-13(19-23-11)10-4-5-10/h7-8,10,14H,1-6,9H2,(H,17,18)(H,21,22). The number of carbonyl (C=O) groups is 1. The van der Waals surface area contributed by atoms with Gasteiger partial charge in [-0.2, -0.15) is 5.10 Å². The Morgan fingerprint density at radius 1 is 1.39 bits per heavy atom. The highest BCUT2D eigenvalue weighted by Crippen LogP contribution is 2.40. The fourth-order valence-corrected chi connectivity index (χ4v) is 3.40. The minimum absolute atomic E-state index is 0.0341. The van der Waals surface area contributed by atoms with Crippen LogP contribution in [0.25, 0.3) is 0 Å². The van der Waals surface area contributed by atoms with E-state index in [2.05, 4.69) is 20.3 Å². The smallest absolute Gasteiger partial charge is 0.339 e. The lowest BCUT2D eigenvalue weighted by molar-refractivity contribution is 0.0687. The Morgan fingerprint density at radius 2 is 2.26 bits per heavy atom. The van der Waals surface area contributed by atoms with E-state index in [0.717, 1.165) is 37.3 Å². The lowest BCUT2D eigenvalue weighted by Gasteiger charge is -2.34. The first kappa shape index (κ1) is 14.4. The molecular weight excluding hydrogens is 296 g/mol. The summed E-state index contributed by atoms with van der Waals surface area (Å²) in [6.45, 7) is 1.57. The molecule has 2 aromatic rings. The summed E-state index contributed by atoms with van der Waals surface area (Å²) < 4.78 is 5.48. The van der Waals surface area contributed by atoms with Crippen LogP contribution < -0.4 is 0 Å². The number of hydrogen-bond acceptors (Lipinski definition) is 5. The lowest BCUT2D eigenvalue weighted by atomic mass is 9.97. The van der Waals surface area contributed by atoms with Gasteiger partial charge in [0.2, 0.25) is 0 Å². The number of rotatable bonds is 5. The first-order chi connectivity index (χ1) is 11.2. The van der Waals surface area contributed by atoms with Gasteiger partial charge in [-0.1, -0.05) is 11.6 Å². The van der Waals surface area contributed by atoms with E-state index in [-0.39, 0.29) is 11.6 Å². The number of aromatic carboxylic acids is 1. The summed E-state index contributed by atoms with van der Waals surface area (Å²) in [5.41, 5.74) is 2.01. The highest BCUT2D eigenvalue weighted by Gasteiger charge is 2.31. The molecule has 0 amide bonds. The molecular formula is C16H20N4O3. The van der Waals surface area contributed by atoms with E-state index in [9.17, 15) is 9.90 Å². The van der Waals surface area contributed by atoms with Crippen molar-refractivity contribution in [1.82, 2.24) is 20.3 Å². The fraction of sp³-hybridized carbons (Fsp3) is 0.562. The van der Waals surface area contributed by atoms with Gasteiger partial charge in [-0.25, -0.2) is 4.79 Å². The zero-order valence-corrected chi connectivity index (χ0v) is 12.9. The molecule has 1 aliphatic carbocycles. The second-order valence-corrected chi connectivity index (χ2v) is 6.48. The van der Waals surface area contributed by atoms with E-state index in [1.54, 1.807) is 0 Å². The third kappa shape index (κ3) is 2.88. The molecule has 0 aromatic carbocycles. The molecule has 0 radical (unpaired) electrons. The van der Waals surface area contributed by atoms with Gasteiger partial charge in [0.05, 0.1) is 30.2 Å². The second-order valence-electron chi connectivity index (χ2n) is 6.48. The topological polar surface area (TPSA) is 95.2 Å². The van der Waals surface area contributed by atoms with Crippen LogP contribution in [0.4, 0.5) is 0 Å². The molecule has 1 saturated heterocycles. The van der Waals surface area contributed by atoms with Crippen molar-refractivity contribution in [3.63, 3.8) is 0 Å². The van der Waals surface area contributed by atoms with Crippen LogP contribution >= 0.6 is 0 Å². The molecule has 2 N–H and O–H groups in total. The Balaban J connectivity index is 1.54. The van der Waals surface area contributed by atoms with Crippen molar-refractivity contribution >= 4 is 5.97 Å². The molecule has 1 saturated carbocycles. The largest absolute Gasteiger partial charge is 0.478 e. The molecule has 1 unspecified atom stereocenters. The SMILES string of the molecule is O=C(O)c1cn[nH]c1C1CCCCN1Cc1cc(C2CC2)no1. The van der Waals surface area contributed by atoms with Gasteiger partial charge < -0.3 is 9.63 Å². The number of carboxylic acid groups (broad SMARTS) is 1. The zero-order valence-electron chi connectivity index (χ0n) is 12.9. The van der Waals surface area contributed by atoms with Crippen LogP contribution in [-0.4, -0.2) is 37.9 Å². The predicted molar refractivity (Wildman–Crippen MR) is 81.0 cm³/mol. The Morgan fingerprint density at radius 3 is 3.04 bits per heavy atom. The lowest BCUT2D eigenvalue weighted by Crippen LogP contribution is -2.33. The number of aromatic nitrogens is 3. The molecule has 122 valence electrons. The van der Waals surface area contributed by atoms with Crippen LogP contribution in [0.15, 0.2) is 16.8 Å². The molecule has 2 aliphatic rings. The van der Waals surface area contributed by atoms with Gasteiger partial charge in [-0.15, -0.1) is 0 Å². The van der Waals surface area contributed by atoms with Gasteiger partial charge in [0, 0.05) is 12.0 Å². The number of nitrogens with zero attached hydrogens (tertiary/aromatic N) is 3. The monoisotopic (exact) mass is 316 g/mol. The minimum Gasteiger partial charge on any atom is -0.478 e. The van der Waals surface area contributed by atoms with Crippen molar-refractivity contribution in [2.75, 3.05) is 6.54 Å². The Kier molecular flexibility index (Phi) is 3.65. The molecule has 23 heavy (non-hydrogen) atoms. The molecule has 1 aliphatic heterocycles. The third-order valence-corrected chi connectivity index (χ3v) is 4.78. The first-order valence-corrected chi connectivity index (χ1v) is 8.18. The van der Waals surface area contributed by atoms with E-state index in [4.69, 9.17) is 4.52 Å². The molecule has 4 rings (SSSR count). The van der Waals surface area contributed by atoms with Crippen molar-refractivity contribution in [2.45, 2.75) is 50.6 Å². The summed E-state index contributed by atoms with van der Waals surface area (Å²) in [6, 6.07) is 2.08. The second kappa shape index (κ2) is 5.81. The van der Waals surface area contributed by atoms with Gasteiger partial charge in [-0.3, -0.25) is 10.00 Å². The summed E-state index contributed by atoms with van der Waals surface area (Å²) >= 11 is 0. The molecule has 7 heteroatoms. The summed E-state index contributed by atoms with van der Waals surface area (Å²) in [5, 5.41) is 20.3. The normalized spacial score (nSPS) is 22.3. The molecule has 1 atom stereocenters. The molecule has 2 fully saturated rings. The van der Waals surface area contributed by atoms with E-state index in [1.807, 2.05) is 6.07 Å². The Hall–Kier alpha value is -2.15. The Labute approximate surface area is 133 Å². The minimum atomic E-state index is -0.935. The van der Waals surface area contributed by atoms with E-state index in [0.29, 0.717) is 18.2 Å². The van der Waals surface area contributed by atoms with Gasteiger partial charge in [0.15, 0.2) is 5.76 Å². The number of nitrogens with one attached hydrogen (secondary N) is 1. The summed E-state index contributed by atoms with van der Waals surface area (Å²) in [7, 11) is 0. The van der Waals surface area contributed by atoms with Crippen LogP contribution in [0.2, 0.25) is 0 Å². The van der Waals surface area contributed by atoms with E-state index >= 15 is 0 Å². The first-order valence-electron chi connectivity index (χ1n) is 8.18. The average Bonchev–Trinajstić information content (AvgIpc) is 3.10. The summed E-state index contributed by atoms with van der Waals surface area (Å²) in [4.78, 5) is 13.6. The molecule has 3 heterocycles. The predicted octanol–water partition coefficient (Wildman–Crippen LogP) is 2.70. The van der Waals surface area contributed by atoms with Crippen LogP contribution in [0.1, 0.15) is 71.6 Å². The van der Waals surface area contributed by atoms with Gasteiger partial charge in [-0.05, 0) is 32.2 Å². The van der Waals surface area contributed by atoms with Crippen LogP contribution in [0.5, 0.6) is 0 Å². The van der Waals surface area contributed by atoms with Crippen molar-refractivity contribution < 1.29 is 14.4 Å². The highest BCUT2D eigenvalue weighted by molar-refractivity contribution is 5.88. The number of hydrogen-bond donors (Lipinski definition) is 2. The quantitative estimate of drug-likeness (QED) is 0.880. The maximum absolute atomic E-state index is 11.4. The van der Waals surface area contributed by atoms with Crippen molar-refractivity contribution in [3.8, 4) is 0 Å². The maximum atomic E-state index is 11.4. The summed E-state index contributed by atoms with van der Waals surface area (Å²) in [5.74, 6) is 0.501. The van der Waals surface area contributed by atoms with Crippen LogP contribution in [0, 0.1) is 0 Å². The number of H-pyrrole nitrogens is 1. The zero-order chi connectivity index (χ0) is 15.8. The summed E-state index contributed by atoms with van der Waals surface area (Å²) in [6.07, 6.45) is 6.92. The average molecular weight is 316 g/mol.